The van der Waals surface area contributed by atoms with Gasteiger partial charge in [0.1, 0.15) is 0 Å². The summed E-state index contributed by atoms with van der Waals surface area (Å²) >= 11 is 5.45. The van der Waals surface area contributed by atoms with Gasteiger partial charge in [-0.3, -0.25) is 9.88 Å². The van der Waals surface area contributed by atoms with Crippen LogP contribution in [0.1, 0.15) is 16.0 Å². The van der Waals surface area contributed by atoms with Gasteiger partial charge in [-0.05, 0) is 51.7 Å². The molecule has 3 rings (SSSR count). The first kappa shape index (κ1) is 11.4. The van der Waals surface area contributed by atoms with Crippen LogP contribution in [0.5, 0.6) is 0 Å². The number of nitrogens with zero attached hydrogens (tertiary/aromatic N) is 2. The molecule has 0 aromatic carbocycles. The number of hydrogen-bond donors (Lipinski definition) is 0. The van der Waals surface area contributed by atoms with E-state index in [9.17, 15) is 0 Å². The molecule has 3 heterocycles. The van der Waals surface area contributed by atoms with Gasteiger partial charge in [-0.25, -0.2) is 0 Å². The van der Waals surface area contributed by atoms with Crippen LogP contribution in [0.2, 0.25) is 0 Å². The third-order valence-electron chi connectivity index (χ3n) is 3.07. The Morgan fingerprint density at radius 2 is 2.18 bits per heavy atom. The second-order valence-electron chi connectivity index (χ2n) is 4.32. The van der Waals surface area contributed by atoms with E-state index in [1.165, 1.54) is 21.3 Å². The van der Waals surface area contributed by atoms with E-state index in [2.05, 4.69) is 44.0 Å². The molecule has 0 saturated heterocycles. The number of thiophene rings is 1. The maximum absolute atomic E-state index is 4.05. The summed E-state index contributed by atoms with van der Waals surface area (Å²) in [6.45, 7) is 3.25. The van der Waals surface area contributed by atoms with Crippen molar-refractivity contribution in [2.45, 2.75) is 19.5 Å². The van der Waals surface area contributed by atoms with Crippen LogP contribution in [-0.2, 0) is 19.5 Å². The van der Waals surface area contributed by atoms with Crippen molar-refractivity contribution in [3.63, 3.8) is 0 Å². The molecule has 0 radical (unpaired) electrons. The minimum atomic E-state index is 1.02. The van der Waals surface area contributed by atoms with Crippen LogP contribution in [0.25, 0.3) is 0 Å². The number of fused-ring (bicyclic) bond motifs is 1. The SMILES string of the molecule is Brc1cc2c(s1)CCN(Cc1ccncc1)C2. The Kier molecular flexibility index (Phi) is 3.27. The van der Waals surface area contributed by atoms with Gasteiger partial charge < -0.3 is 0 Å². The summed E-state index contributed by atoms with van der Waals surface area (Å²) in [5.74, 6) is 0. The van der Waals surface area contributed by atoms with E-state index < -0.39 is 0 Å². The quantitative estimate of drug-likeness (QED) is 0.844. The molecule has 0 aliphatic carbocycles. The number of halogens is 1. The first-order chi connectivity index (χ1) is 8.31. The van der Waals surface area contributed by atoms with E-state index in [0.717, 1.165) is 19.6 Å². The summed E-state index contributed by atoms with van der Waals surface area (Å²) in [6.07, 6.45) is 4.91. The Hall–Kier alpha value is -0.710. The van der Waals surface area contributed by atoms with Crippen molar-refractivity contribution < 1.29 is 0 Å². The third-order valence-corrected chi connectivity index (χ3v) is 4.81. The average molecular weight is 309 g/mol. The topological polar surface area (TPSA) is 16.1 Å². The second-order valence-corrected chi connectivity index (χ2v) is 6.83. The molecule has 2 nitrogen and oxygen atoms in total. The number of aromatic nitrogens is 1. The van der Waals surface area contributed by atoms with Crippen molar-refractivity contribution >= 4 is 27.3 Å². The van der Waals surface area contributed by atoms with Crippen LogP contribution in [-0.4, -0.2) is 16.4 Å². The van der Waals surface area contributed by atoms with Crippen molar-refractivity contribution in [3.05, 3.63) is 50.4 Å². The van der Waals surface area contributed by atoms with E-state index in [4.69, 9.17) is 0 Å². The molecule has 0 unspecified atom stereocenters. The van der Waals surface area contributed by atoms with E-state index in [0.29, 0.717) is 0 Å². The molecule has 4 heteroatoms. The summed E-state index contributed by atoms with van der Waals surface area (Å²) in [5.41, 5.74) is 2.83. The molecule has 0 saturated carbocycles. The Morgan fingerprint density at radius 3 is 3.00 bits per heavy atom. The van der Waals surface area contributed by atoms with E-state index >= 15 is 0 Å². The highest BCUT2D eigenvalue weighted by Gasteiger charge is 2.18. The molecule has 1 aliphatic rings. The van der Waals surface area contributed by atoms with Crippen LogP contribution in [0.15, 0.2) is 34.4 Å². The zero-order chi connectivity index (χ0) is 11.7. The molecule has 0 spiro atoms. The molecule has 17 heavy (non-hydrogen) atoms. The largest absolute Gasteiger partial charge is 0.294 e. The van der Waals surface area contributed by atoms with Gasteiger partial charge in [0, 0.05) is 36.9 Å². The van der Waals surface area contributed by atoms with Gasteiger partial charge in [-0.15, -0.1) is 11.3 Å². The lowest BCUT2D eigenvalue weighted by atomic mass is 10.1. The van der Waals surface area contributed by atoms with Crippen LogP contribution < -0.4 is 0 Å². The Morgan fingerprint density at radius 1 is 1.35 bits per heavy atom. The molecule has 0 N–H and O–H groups in total. The van der Waals surface area contributed by atoms with Crippen molar-refractivity contribution in [2.75, 3.05) is 6.54 Å². The fourth-order valence-corrected chi connectivity index (χ4v) is 3.98. The fourth-order valence-electron chi connectivity index (χ4n) is 2.24. The number of rotatable bonds is 2. The summed E-state index contributed by atoms with van der Waals surface area (Å²) in [7, 11) is 0. The van der Waals surface area contributed by atoms with Gasteiger partial charge in [0.25, 0.3) is 0 Å². The van der Waals surface area contributed by atoms with Crippen molar-refractivity contribution in [3.8, 4) is 0 Å². The molecule has 88 valence electrons. The van der Waals surface area contributed by atoms with Crippen molar-refractivity contribution in [1.29, 1.82) is 0 Å². The normalized spacial score (nSPS) is 15.8. The standard InChI is InChI=1S/C13H13BrN2S/c14-13-7-11-9-16(6-3-12(11)17-13)8-10-1-4-15-5-2-10/h1-2,4-5,7H,3,6,8-9H2. The van der Waals surface area contributed by atoms with Gasteiger partial charge >= 0.3 is 0 Å². The molecule has 2 aromatic heterocycles. The highest BCUT2D eigenvalue weighted by Crippen LogP contribution is 2.31. The maximum atomic E-state index is 4.05. The van der Waals surface area contributed by atoms with E-state index in [1.807, 2.05) is 23.7 Å². The maximum Gasteiger partial charge on any atom is 0.0704 e. The van der Waals surface area contributed by atoms with E-state index in [-0.39, 0.29) is 0 Å². The molecular formula is C13H13BrN2S. The van der Waals surface area contributed by atoms with Gasteiger partial charge in [0.05, 0.1) is 3.79 Å². The predicted octanol–water partition coefficient (Wildman–Crippen LogP) is 3.46. The zero-order valence-electron chi connectivity index (χ0n) is 9.40. The Labute approximate surface area is 113 Å². The number of pyridine rings is 1. The molecule has 0 fully saturated rings. The molecule has 2 aromatic rings. The number of hydrogen-bond acceptors (Lipinski definition) is 3. The summed E-state index contributed by atoms with van der Waals surface area (Å²) in [4.78, 5) is 8.10. The van der Waals surface area contributed by atoms with Gasteiger partial charge in [-0.1, -0.05) is 0 Å². The van der Waals surface area contributed by atoms with Crippen molar-refractivity contribution in [2.24, 2.45) is 0 Å². The third kappa shape index (κ3) is 2.59. The first-order valence-corrected chi connectivity index (χ1v) is 7.30. The molecule has 1 aliphatic heterocycles. The molecular weight excluding hydrogens is 296 g/mol. The minimum absolute atomic E-state index is 1.02. The van der Waals surface area contributed by atoms with E-state index in [1.54, 1.807) is 4.88 Å². The monoisotopic (exact) mass is 308 g/mol. The average Bonchev–Trinajstić information content (AvgIpc) is 2.70. The van der Waals surface area contributed by atoms with Gasteiger partial charge in [0.15, 0.2) is 0 Å². The van der Waals surface area contributed by atoms with Crippen molar-refractivity contribution in [1.82, 2.24) is 9.88 Å². The lowest BCUT2D eigenvalue weighted by Crippen LogP contribution is -2.29. The van der Waals surface area contributed by atoms with Crippen LogP contribution in [0.3, 0.4) is 0 Å². The molecule has 0 atom stereocenters. The minimum Gasteiger partial charge on any atom is -0.294 e. The summed E-state index contributed by atoms with van der Waals surface area (Å²) < 4.78 is 1.26. The summed E-state index contributed by atoms with van der Waals surface area (Å²) in [5, 5.41) is 0. The smallest absolute Gasteiger partial charge is 0.0704 e. The lowest BCUT2D eigenvalue weighted by molar-refractivity contribution is 0.247. The Balaban J connectivity index is 1.72. The first-order valence-electron chi connectivity index (χ1n) is 5.69. The molecule has 0 bridgehead atoms. The summed E-state index contributed by atoms with van der Waals surface area (Å²) in [6, 6.07) is 6.46. The van der Waals surface area contributed by atoms with Crippen LogP contribution in [0, 0.1) is 0 Å². The van der Waals surface area contributed by atoms with Gasteiger partial charge in [-0.2, -0.15) is 0 Å². The van der Waals surface area contributed by atoms with Gasteiger partial charge in [0.2, 0.25) is 0 Å². The highest BCUT2D eigenvalue weighted by atomic mass is 79.9. The second kappa shape index (κ2) is 4.88. The fraction of sp³-hybridized carbons (Fsp3) is 0.308. The highest BCUT2D eigenvalue weighted by molar-refractivity contribution is 9.11. The van der Waals surface area contributed by atoms with Crippen LogP contribution in [0.4, 0.5) is 0 Å². The predicted molar refractivity (Wildman–Crippen MR) is 74.1 cm³/mol. The lowest BCUT2D eigenvalue weighted by Gasteiger charge is -2.26. The zero-order valence-corrected chi connectivity index (χ0v) is 11.8. The molecule has 0 amide bonds. The van der Waals surface area contributed by atoms with Crippen LogP contribution >= 0.6 is 27.3 Å². The Bertz CT molecular complexity index is 509.